The van der Waals surface area contributed by atoms with Gasteiger partial charge < -0.3 is 24.4 Å². The van der Waals surface area contributed by atoms with Crippen LogP contribution in [0.2, 0.25) is 0 Å². The van der Waals surface area contributed by atoms with E-state index in [-0.39, 0.29) is 0 Å². The van der Waals surface area contributed by atoms with E-state index >= 15 is 0 Å². The van der Waals surface area contributed by atoms with Crippen molar-refractivity contribution in [2.24, 2.45) is 0 Å². The van der Waals surface area contributed by atoms with E-state index in [0.29, 0.717) is 11.9 Å². The standard InChI is InChI=1S/C27H31N5O3/c1-18(2)28-10-11-32(21-12-22(33-3)15-23(13-21)34-4)20-7-8-24-25(14-20)31-26(17-29-24)19-6-9-27(35-5)30-16-19/h6-9,12-18,28H,10-11H2,1-5H3. The van der Waals surface area contributed by atoms with Crippen LogP contribution in [0.15, 0.2) is 60.9 Å². The maximum absolute atomic E-state index is 5.52. The minimum atomic E-state index is 0.389. The highest BCUT2D eigenvalue weighted by atomic mass is 16.5. The Morgan fingerprint density at radius 2 is 1.57 bits per heavy atom. The molecule has 4 aromatic rings. The number of nitrogens with one attached hydrogen (secondary N) is 1. The average molecular weight is 474 g/mol. The molecule has 0 saturated heterocycles. The van der Waals surface area contributed by atoms with E-state index in [4.69, 9.17) is 19.2 Å². The summed E-state index contributed by atoms with van der Waals surface area (Å²) in [5, 5.41) is 3.50. The zero-order valence-electron chi connectivity index (χ0n) is 20.8. The summed E-state index contributed by atoms with van der Waals surface area (Å²) in [4.78, 5) is 16.0. The third kappa shape index (κ3) is 5.78. The molecule has 35 heavy (non-hydrogen) atoms. The van der Waals surface area contributed by atoms with Crippen molar-refractivity contribution in [3.05, 3.63) is 60.9 Å². The smallest absolute Gasteiger partial charge is 0.212 e. The van der Waals surface area contributed by atoms with Gasteiger partial charge in [-0.2, -0.15) is 0 Å². The summed E-state index contributed by atoms with van der Waals surface area (Å²) in [5.41, 5.74) is 5.21. The molecule has 0 aliphatic rings. The first-order valence-electron chi connectivity index (χ1n) is 11.5. The summed E-state index contributed by atoms with van der Waals surface area (Å²) < 4.78 is 16.2. The number of hydrogen-bond acceptors (Lipinski definition) is 8. The molecule has 0 aliphatic heterocycles. The molecule has 0 atom stereocenters. The van der Waals surface area contributed by atoms with Gasteiger partial charge in [0.15, 0.2) is 0 Å². The molecule has 2 heterocycles. The molecule has 0 fully saturated rings. The summed E-state index contributed by atoms with van der Waals surface area (Å²) in [6.45, 7) is 5.83. The van der Waals surface area contributed by atoms with Gasteiger partial charge in [0.25, 0.3) is 0 Å². The molecule has 2 aromatic carbocycles. The summed E-state index contributed by atoms with van der Waals surface area (Å²) in [5.74, 6) is 2.02. The Balaban J connectivity index is 1.74. The largest absolute Gasteiger partial charge is 0.497 e. The van der Waals surface area contributed by atoms with Crippen molar-refractivity contribution >= 4 is 22.4 Å². The van der Waals surface area contributed by atoms with Gasteiger partial charge in [-0.25, -0.2) is 9.97 Å². The number of ether oxygens (including phenoxy) is 3. The summed E-state index contributed by atoms with van der Waals surface area (Å²) in [7, 11) is 4.91. The molecular weight excluding hydrogens is 442 g/mol. The maximum atomic E-state index is 5.52. The summed E-state index contributed by atoms with van der Waals surface area (Å²) >= 11 is 0. The lowest BCUT2D eigenvalue weighted by molar-refractivity contribution is 0.394. The molecule has 8 heteroatoms. The van der Waals surface area contributed by atoms with Gasteiger partial charge in [-0.3, -0.25) is 4.98 Å². The predicted molar refractivity (Wildman–Crippen MR) is 139 cm³/mol. The minimum absolute atomic E-state index is 0.389. The molecule has 0 spiro atoms. The monoisotopic (exact) mass is 473 g/mol. The number of rotatable bonds is 10. The third-order valence-corrected chi connectivity index (χ3v) is 5.61. The van der Waals surface area contributed by atoms with Crippen LogP contribution in [-0.2, 0) is 0 Å². The molecule has 0 bridgehead atoms. The molecule has 0 unspecified atom stereocenters. The second-order valence-electron chi connectivity index (χ2n) is 8.35. The Bertz CT molecular complexity index is 1260. The molecule has 0 aliphatic carbocycles. The van der Waals surface area contributed by atoms with E-state index in [1.54, 1.807) is 33.7 Å². The van der Waals surface area contributed by atoms with E-state index in [9.17, 15) is 0 Å². The van der Waals surface area contributed by atoms with Gasteiger partial charge >= 0.3 is 0 Å². The normalized spacial score (nSPS) is 11.0. The molecule has 2 aromatic heterocycles. The van der Waals surface area contributed by atoms with Crippen LogP contribution in [-0.4, -0.2) is 55.4 Å². The first-order chi connectivity index (χ1) is 17.0. The summed E-state index contributed by atoms with van der Waals surface area (Å²) in [6.07, 6.45) is 3.51. The molecule has 8 nitrogen and oxygen atoms in total. The maximum Gasteiger partial charge on any atom is 0.212 e. The van der Waals surface area contributed by atoms with Crippen molar-refractivity contribution in [1.82, 2.24) is 20.3 Å². The highest BCUT2D eigenvalue weighted by molar-refractivity contribution is 5.82. The van der Waals surface area contributed by atoms with Crippen LogP contribution < -0.4 is 24.4 Å². The number of anilines is 2. The molecule has 0 radical (unpaired) electrons. The Morgan fingerprint density at radius 3 is 2.20 bits per heavy atom. The zero-order valence-corrected chi connectivity index (χ0v) is 20.8. The first-order valence-corrected chi connectivity index (χ1v) is 11.5. The van der Waals surface area contributed by atoms with Crippen molar-refractivity contribution < 1.29 is 14.2 Å². The fourth-order valence-electron chi connectivity index (χ4n) is 3.78. The quantitative estimate of drug-likeness (QED) is 0.350. The van der Waals surface area contributed by atoms with E-state index in [1.165, 1.54) is 0 Å². The van der Waals surface area contributed by atoms with Crippen LogP contribution >= 0.6 is 0 Å². The van der Waals surface area contributed by atoms with E-state index in [2.05, 4.69) is 46.2 Å². The molecule has 1 N–H and O–H groups in total. The van der Waals surface area contributed by atoms with Gasteiger partial charge in [0.1, 0.15) is 11.5 Å². The summed E-state index contributed by atoms with van der Waals surface area (Å²) in [6, 6.07) is 16.1. The fourth-order valence-corrected chi connectivity index (χ4v) is 3.78. The topological polar surface area (TPSA) is 81.6 Å². The van der Waals surface area contributed by atoms with Crippen LogP contribution in [0.1, 0.15) is 13.8 Å². The number of nitrogens with zero attached hydrogens (tertiary/aromatic N) is 4. The van der Waals surface area contributed by atoms with E-state index in [1.807, 2.05) is 36.4 Å². The van der Waals surface area contributed by atoms with Gasteiger partial charge in [-0.05, 0) is 24.3 Å². The van der Waals surface area contributed by atoms with Crippen LogP contribution in [0.25, 0.3) is 22.3 Å². The molecule has 182 valence electrons. The number of benzene rings is 2. The zero-order chi connectivity index (χ0) is 24.8. The number of aromatic nitrogens is 3. The number of hydrogen-bond donors (Lipinski definition) is 1. The fraction of sp³-hybridized carbons (Fsp3) is 0.296. The van der Waals surface area contributed by atoms with Crippen LogP contribution in [0.5, 0.6) is 17.4 Å². The Kier molecular flexibility index (Phi) is 7.62. The van der Waals surface area contributed by atoms with Crippen molar-refractivity contribution in [3.63, 3.8) is 0 Å². The van der Waals surface area contributed by atoms with Gasteiger partial charge in [0.05, 0.1) is 44.3 Å². The van der Waals surface area contributed by atoms with Crippen molar-refractivity contribution in [3.8, 4) is 28.6 Å². The van der Waals surface area contributed by atoms with Crippen molar-refractivity contribution in [2.75, 3.05) is 39.3 Å². The number of fused-ring (bicyclic) bond motifs is 1. The van der Waals surface area contributed by atoms with E-state index in [0.717, 1.165) is 58.3 Å². The lowest BCUT2D eigenvalue weighted by Crippen LogP contribution is -2.32. The Labute approximate surface area is 205 Å². The van der Waals surface area contributed by atoms with Gasteiger partial charge in [-0.15, -0.1) is 0 Å². The molecule has 0 amide bonds. The number of methoxy groups -OCH3 is 3. The average Bonchev–Trinajstić information content (AvgIpc) is 2.90. The highest BCUT2D eigenvalue weighted by Crippen LogP contribution is 2.34. The molecule has 0 saturated carbocycles. The van der Waals surface area contributed by atoms with Gasteiger partial charge in [0.2, 0.25) is 5.88 Å². The Morgan fingerprint density at radius 1 is 0.800 bits per heavy atom. The molecular formula is C27H31N5O3. The van der Waals surface area contributed by atoms with Gasteiger partial charge in [0, 0.05) is 66.5 Å². The second-order valence-corrected chi connectivity index (χ2v) is 8.35. The lowest BCUT2D eigenvalue weighted by atomic mass is 10.1. The minimum Gasteiger partial charge on any atom is -0.497 e. The van der Waals surface area contributed by atoms with Crippen molar-refractivity contribution in [2.45, 2.75) is 19.9 Å². The lowest BCUT2D eigenvalue weighted by Gasteiger charge is -2.27. The third-order valence-electron chi connectivity index (χ3n) is 5.61. The number of pyridine rings is 1. The van der Waals surface area contributed by atoms with Crippen molar-refractivity contribution in [1.29, 1.82) is 0 Å². The second kappa shape index (κ2) is 11.0. The predicted octanol–water partition coefficient (Wildman–Crippen LogP) is 4.85. The van der Waals surface area contributed by atoms with Crippen LogP contribution in [0.4, 0.5) is 11.4 Å². The van der Waals surface area contributed by atoms with Crippen LogP contribution in [0.3, 0.4) is 0 Å². The Hall–Kier alpha value is -3.91. The highest BCUT2D eigenvalue weighted by Gasteiger charge is 2.14. The molecule has 4 rings (SSSR count). The van der Waals surface area contributed by atoms with E-state index < -0.39 is 0 Å². The SMILES string of the molecule is COc1cc(OC)cc(N(CCNC(C)C)c2ccc3ncc(-c4ccc(OC)nc4)nc3c2)c1. The van der Waals surface area contributed by atoms with Gasteiger partial charge in [-0.1, -0.05) is 13.8 Å². The van der Waals surface area contributed by atoms with Crippen LogP contribution in [0, 0.1) is 0 Å². The first kappa shape index (κ1) is 24.2.